The van der Waals surface area contributed by atoms with E-state index in [0.29, 0.717) is 11.4 Å². The van der Waals surface area contributed by atoms with Crippen molar-refractivity contribution in [1.82, 2.24) is 0 Å². The van der Waals surface area contributed by atoms with Crippen molar-refractivity contribution in [3.63, 3.8) is 0 Å². The number of aryl methyl sites for hydroxylation is 2. The van der Waals surface area contributed by atoms with Crippen molar-refractivity contribution in [3.8, 4) is 0 Å². The molecule has 1 N–H and O–H groups in total. The molecule has 1 heterocycles. The van der Waals surface area contributed by atoms with E-state index in [-0.39, 0.29) is 11.2 Å². The number of benzene rings is 1. The Morgan fingerprint density at radius 1 is 1.29 bits per heavy atom. The van der Waals surface area contributed by atoms with Crippen LogP contribution >= 0.6 is 0 Å². The minimum atomic E-state index is -3.19. The Morgan fingerprint density at radius 2 is 1.94 bits per heavy atom. The van der Waals surface area contributed by atoms with Gasteiger partial charge in [-0.25, -0.2) is 8.42 Å². The molecular weight excluding hydrogens is 234 g/mol. The second-order valence-electron chi connectivity index (χ2n) is 5.16. The largest absolute Gasteiger partial charge is 0.382 e. The van der Waals surface area contributed by atoms with Crippen LogP contribution in [0.15, 0.2) is 17.0 Å². The van der Waals surface area contributed by atoms with Crippen molar-refractivity contribution < 1.29 is 8.42 Å². The van der Waals surface area contributed by atoms with Gasteiger partial charge in [-0.3, -0.25) is 0 Å². The van der Waals surface area contributed by atoms with Gasteiger partial charge < -0.3 is 5.32 Å². The summed E-state index contributed by atoms with van der Waals surface area (Å²) in [5.41, 5.74) is 2.79. The second kappa shape index (κ2) is 4.02. The fraction of sp³-hybridized carbons (Fsp3) is 0.538. The van der Waals surface area contributed by atoms with Crippen molar-refractivity contribution in [2.75, 3.05) is 11.9 Å². The molecule has 0 radical (unpaired) electrons. The number of sulfone groups is 1. The minimum Gasteiger partial charge on any atom is -0.382 e. The Balaban J connectivity index is 2.65. The summed E-state index contributed by atoms with van der Waals surface area (Å²) < 4.78 is 25.0. The molecule has 1 unspecified atom stereocenters. The summed E-state index contributed by atoms with van der Waals surface area (Å²) in [7, 11) is -3.19. The van der Waals surface area contributed by atoms with Gasteiger partial charge in [0.25, 0.3) is 0 Å². The number of rotatable bonds is 1. The van der Waals surface area contributed by atoms with Crippen LogP contribution in [0.25, 0.3) is 0 Å². The quantitative estimate of drug-likeness (QED) is 0.836. The van der Waals surface area contributed by atoms with E-state index in [1.807, 2.05) is 33.8 Å². The highest BCUT2D eigenvalue weighted by molar-refractivity contribution is 7.92. The molecule has 1 aliphatic rings. The van der Waals surface area contributed by atoms with Gasteiger partial charge in [0.1, 0.15) is 0 Å². The van der Waals surface area contributed by atoms with E-state index >= 15 is 0 Å². The van der Waals surface area contributed by atoms with Crippen molar-refractivity contribution in [2.45, 2.75) is 37.8 Å². The van der Waals surface area contributed by atoms with E-state index in [4.69, 9.17) is 0 Å². The van der Waals surface area contributed by atoms with E-state index in [0.717, 1.165) is 16.8 Å². The maximum absolute atomic E-state index is 12.5. The zero-order chi connectivity index (χ0) is 12.8. The molecule has 1 aromatic rings. The molecule has 4 heteroatoms. The number of fused-ring (bicyclic) bond motifs is 1. The number of anilines is 1. The molecule has 0 fully saturated rings. The maximum atomic E-state index is 12.5. The summed E-state index contributed by atoms with van der Waals surface area (Å²) in [6, 6.07) is 3.79. The first kappa shape index (κ1) is 12.4. The lowest BCUT2D eigenvalue weighted by Gasteiger charge is -2.30. The number of hydrogen-bond donors (Lipinski definition) is 1. The predicted octanol–water partition coefficient (Wildman–Crippen LogP) is 2.53. The summed E-state index contributed by atoms with van der Waals surface area (Å²) in [4.78, 5) is 0.472. The van der Waals surface area contributed by atoms with E-state index in [9.17, 15) is 8.42 Å². The minimum absolute atomic E-state index is 0.126. The first-order valence-corrected chi connectivity index (χ1v) is 7.47. The number of nitrogens with one attached hydrogen (secondary N) is 1. The van der Waals surface area contributed by atoms with Gasteiger partial charge in [-0.05, 0) is 37.0 Å². The van der Waals surface area contributed by atoms with Gasteiger partial charge in [-0.1, -0.05) is 19.9 Å². The zero-order valence-electron chi connectivity index (χ0n) is 10.7. The lowest BCUT2D eigenvalue weighted by Crippen LogP contribution is -2.38. The Bertz CT molecular complexity index is 547. The van der Waals surface area contributed by atoms with E-state index < -0.39 is 9.84 Å². The summed E-state index contributed by atoms with van der Waals surface area (Å²) in [5, 5.41) is 2.94. The van der Waals surface area contributed by atoms with Crippen LogP contribution in [-0.4, -0.2) is 20.2 Å². The molecule has 0 saturated carbocycles. The smallest absolute Gasteiger partial charge is 0.185 e. The molecule has 1 aliphatic heterocycles. The Hall–Kier alpha value is -1.03. The molecule has 0 spiro atoms. The fourth-order valence-corrected chi connectivity index (χ4v) is 4.66. The van der Waals surface area contributed by atoms with Crippen LogP contribution in [0.5, 0.6) is 0 Å². The Kier molecular flexibility index (Phi) is 2.94. The fourth-order valence-electron chi connectivity index (χ4n) is 2.45. The molecular formula is C13H19NO2S. The van der Waals surface area contributed by atoms with Gasteiger partial charge in [-0.15, -0.1) is 0 Å². The van der Waals surface area contributed by atoms with Crippen molar-refractivity contribution >= 4 is 15.5 Å². The molecule has 17 heavy (non-hydrogen) atoms. The molecule has 1 aromatic carbocycles. The Morgan fingerprint density at radius 3 is 2.53 bits per heavy atom. The van der Waals surface area contributed by atoms with Gasteiger partial charge in [-0.2, -0.15) is 0 Å². The molecule has 2 rings (SSSR count). The van der Waals surface area contributed by atoms with Crippen molar-refractivity contribution in [2.24, 2.45) is 5.92 Å². The third-order valence-electron chi connectivity index (χ3n) is 3.37. The zero-order valence-corrected chi connectivity index (χ0v) is 11.6. The normalized spacial score (nSPS) is 22.1. The molecule has 3 nitrogen and oxygen atoms in total. The van der Waals surface area contributed by atoms with Crippen LogP contribution in [0.2, 0.25) is 0 Å². The highest BCUT2D eigenvalue weighted by Gasteiger charge is 2.36. The molecule has 0 aliphatic carbocycles. The lowest BCUT2D eigenvalue weighted by atomic mass is 10.1. The van der Waals surface area contributed by atoms with E-state index in [1.54, 1.807) is 6.07 Å². The summed E-state index contributed by atoms with van der Waals surface area (Å²) in [6.07, 6.45) is 0. The van der Waals surface area contributed by atoms with Gasteiger partial charge in [0, 0.05) is 6.54 Å². The predicted molar refractivity (Wildman–Crippen MR) is 70.2 cm³/mol. The van der Waals surface area contributed by atoms with Crippen LogP contribution < -0.4 is 5.32 Å². The molecule has 0 saturated heterocycles. The van der Waals surface area contributed by atoms with E-state index in [1.165, 1.54) is 0 Å². The van der Waals surface area contributed by atoms with Crippen LogP contribution in [0.4, 0.5) is 5.69 Å². The molecule has 94 valence electrons. The SMILES string of the molecule is Cc1cc(C)c2c(c1)S(=O)(=O)C(C(C)C)CN2. The lowest BCUT2D eigenvalue weighted by molar-refractivity contribution is 0.533. The van der Waals surface area contributed by atoms with Crippen LogP contribution in [0, 0.1) is 19.8 Å². The third kappa shape index (κ3) is 1.95. The summed E-state index contributed by atoms with van der Waals surface area (Å²) in [5.74, 6) is 0.126. The standard InChI is InChI=1S/C13H19NO2S/c1-8(2)12-7-14-13-10(4)5-9(3)6-11(13)17(12,15)16/h5-6,8,12,14H,7H2,1-4H3. The summed E-state index contributed by atoms with van der Waals surface area (Å²) in [6.45, 7) is 8.30. The summed E-state index contributed by atoms with van der Waals surface area (Å²) >= 11 is 0. The monoisotopic (exact) mass is 253 g/mol. The topological polar surface area (TPSA) is 46.2 Å². The second-order valence-corrected chi connectivity index (χ2v) is 7.30. The van der Waals surface area contributed by atoms with Gasteiger partial charge >= 0.3 is 0 Å². The molecule has 0 bridgehead atoms. The highest BCUT2D eigenvalue weighted by Crippen LogP contribution is 2.35. The van der Waals surface area contributed by atoms with Gasteiger partial charge in [0.15, 0.2) is 9.84 Å². The Labute approximate surface area is 103 Å². The van der Waals surface area contributed by atoms with Crippen molar-refractivity contribution in [3.05, 3.63) is 23.3 Å². The van der Waals surface area contributed by atoms with E-state index in [2.05, 4.69) is 5.32 Å². The maximum Gasteiger partial charge on any atom is 0.185 e. The average Bonchev–Trinajstić information content (AvgIpc) is 2.18. The van der Waals surface area contributed by atoms with Crippen LogP contribution in [0.3, 0.4) is 0 Å². The van der Waals surface area contributed by atoms with Crippen LogP contribution in [0.1, 0.15) is 25.0 Å². The highest BCUT2D eigenvalue weighted by atomic mass is 32.2. The van der Waals surface area contributed by atoms with Gasteiger partial charge in [0.05, 0.1) is 15.8 Å². The molecule has 1 atom stereocenters. The van der Waals surface area contributed by atoms with Gasteiger partial charge in [0.2, 0.25) is 0 Å². The molecule has 0 aromatic heterocycles. The number of hydrogen-bond acceptors (Lipinski definition) is 3. The first-order chi connectivity index (χ1) is 7.84. The average molecular weight is 253 g/mol. The third-order valence-corrected chi connectivity index (χ3v) is 5.82. The first-order valence-electron chi connectivity index (χ1n) is 5.93. The van der Waals surface area contributed by atoms with Crippen LogP contribution in [-0.2, 0) is 9.84 Å². The van der Waals surface area contributed by atoms with Crippen molar-refractivity contribution in [1.29, 1.82) is 0 Å². The molecule has 0 amide bonds.